The summed E-state index contributed by atoms with van der Waals surface area (Å²) in [6.07, 6.45) is 2.03. The smallest absolute Gasteiger partial charge is 0.328 e. The Bertz CT molecular complexity index is 1170. The van der Waals surface area contributed by atoms with Crippen LogP contribution in [0.15, 0.2) is 42.5 Å². The monoisotopic (exact) mass is 554 g/mol. The average Bonchev–Trinajstić information content (AvgIpc) is 3.40. The van der Waals surface area contributed by atoms with Crippen LogP contribution in [0.25, 0.3) is 10.8 Å². The summed E-state index contributed by atoms with van der Waals surface area (Å²) in [6, 6.07) is 12.6. The summed E-state index contributed by atoms with van der Waals surface area (Å²) in [5.41, 5.74) is 1.01. The molecule has 1 heterocycles. The van der Waals surface area contributed by atoms with E-state index in [-0.39, 0.29) is 43.2 Å². The maximum Gasteiger partial charge on any atom is 0.328 e. The Balaban J connectivity index is 1.91. The van der Waals surface area contributed by atoms with Crippen molar-refractivity contribution in [2.75, 3.05) is 27.4 Å². The van der Waals surface area contributed by atoms with Crippen LogP contribution in [-0.4, -0.2) is 74.2 Å². The molecular weight excluding hydrogens is 512 g/mol. The Morgan fingerprint density at radius 1 is 1.10 bits per heavy atom. The van der Waals surface area contributed by atoms with Crippen molar-refractivity contribution < 1.29 is 28.7 Å². The highest BCUT2D eigenvalue weighted by molar-refractivity contribution is 5.91. The van der Waals surface area contributed by atoms with E-state index in [1.54, 1.807) is 0 Å². The Morgan fingerprint density at radius 2 is 1.85 bits per heavy atom. The molecular formula is C30H42N4O6. The number of hydrogen-bond donors (Lipinski definition) is 3. The van der Waals surface area contributed by atoms with Crippen LogP contribution in [0.2, 0.25) is 0 Å². The fourth-order valence-electron chi connectivity index (χ4n) is 4.90. The lowest BCUT2D eigenvalue weighted by Crippen LogP contribution is -2.56. The minimum Gasteiger partial charge on any atom is -0.467 e. The predicted octanol–water partition coefficient (Wildman–Crippen LogP) is 2.49. The van der Waals surface area contributed by atoms with Gasteiger partial charge in [0.1, 0.15) is 12.1 Å². The summed E-state index contributed by atoms with van der Waals surface area (Å²) >= 11 is 0. The molecule has 0 aliphatic carbocycles. The van der Waals surface area contributed by atoms with E-state index >= 15 is 0 Å². The molecule has 1 aliphatic heterocycles. The second-order valence-corrected chi connectivity index (χ2v) is 10.4. The standard InChI is InChI=1S/C30H42N4O6/c1-5-20(2)17-26(33-29(37)24-13-14-27(35)31-24)34(18-22-11-8-10-21-9-6-7-12-23(21)22)19-28(36)32-25(15-16-39-3)30(38)40-4/h6-12,20,24-26H,5,13-19H2,1-4H3,(H,31,35)(H,32,36)(H,33,37)/t20-,24-,25-,26?/m0/s1. The van der Waals surface area contributed by atoms with Crippen LogP contribution in [0, 0.1) is 5.92 Å². The van der Waals surface area contributed by atoms with Gasteiger partial charge in [0, 0.05) is 33.1 Å². The fraction of sp³-hybridized carbons (Fsp3) is 0.533. The quantitative estimate of drug-likeness (QED) is 0.228. The molecule has 10 nitrogen and oxygen atoms in total. The number of fused-ring (bicyclic) bond motifs is 1. The van der Waals surface area contributed by atoms with Gasteiger partial charge in [-0.05, 0) is 35.1 Å². The number of nitrogens with one attached hydrogen (secondary N) is 3. The van der Waals surface area contributed by atoms with Gasteiger partial charge in [-0.25, -0.2) is 4.79 Å². The molecule has 40 heavy (non-hydrogen) atoms. The second-order valence-electron chi connectivity index (χ2n) is 10.4. The van der Waals surface area contributed by atoms with Crippen LogP contribution in [-0.2, 0) is 35.2 Å². The maximum absolute atomic E-state index is 13.4. The summed E-state index contributed by atoms with van der Waals surface area (Å²) in [6.45, 7) is 4.78. The number of rotatable bonds is 15. The third-order valence-electron chi connectivity index (χ3n) is 7.42. The summed E-state index contributed by atoms with van der Waals surface area (Å²) in [4.78, 5) is 52.6. The van der Waals surface area contributed by atoms with Crippen molar-refractivity contribution in [3.8, 4) is 0 Å². The first kappa shape index (κ1) is 31.0. The molecule has 218 valence electrons. The summed E-state index contributed by atoms with van der Waals surface area (Å²) in [5.74, 6) is -1.08. The highest BCUT2D eigenvalue weighted by Crippen LogP contribution is 2.23. The van der Waals surface area contributed by atoms with Gasteiger partial charge in [-0.3, -0.25) is 19.3 Å². The molecule has 0 aromatic heterocycles. The first-order valence-corrected chi connectivity index (χ1v) is 13.9. The molecule has 2 aromatic rings. The Kier molecular flexibility index (Phi) is 11.9. The molecule has 0 saturated carbocycles. The topological polar surface area (TPSA) is 126 Å². The van der Waals surface area contributed by atoms with Gasteiger partial charge in [-0.15, -0.1) is 0 Å². The fourth-order valence-corrected chi connectivity index (χ4v) is 4.90. The third-order valence-corrected chi connectivity index (χ3v) is 7.42. The van der Waals surface area contributed by atoms with E-state index in [9.17, 15) is 19.2 Å². The molecule has 0 radical (unpaired) electrons. The molecule has 1 unspecified atom stereocenters. The number of esters is 1. The Labute approximate surface area is 236 Å². The Hall–Kier alpha value is -3.50. The lowest BCUT2D eigenvalue weighted by molar-refractivity contribution is -0.145. The van der Waals surface area contributed by atoms with E-state index in [4.69, 9.17) is 9.47 Å². The van der Waals surface area contributed by atoms with E-state index in [0.29, 0.717) is 25.8 Å². The summed E-state index contributed by atoms with van der Waals surface area (Å²) in [7, 11) is 2.80. The normalized spacial score (nSPS) is 17.2. The maximum atomic E-state index is 13.4. The van der Waals surface area contributed by atoms with Crippen LogP contribution in [0.1, 0.15) is 51.5 Å². The van der Waals surface area contributed by atoms with Crippen molar-refractivity contribution in [3.05, 3.63) is 48.0 Å². The van der Waals surface area contributed by atoms with Gasteiger partial charge in [0.15, 0.2) is 0 Å². The van der Waals surface area contributed by atoms with Gasteiger partial charge in [0.2, 0.25) is 17.7 Å². The molecule has 2 aromatic carbocycles. The minimum absolute atomic E-state index is 0.0674. The van der Waals surface area contributed by atoms with Gasteiger partial charge in [-0.2, -0.15) is 0 Å². The van der Waals surface area contributed by atoms with Gasteiger partial charge >= 0.3 is 5.97 Å². The van der Waals surface area contributed by atoms with Crippen molar-refractivity contribution in [1.82, 2.24) is 20.9 Å². The lowest BCUT2D eigenvalue weighted by atomic mass is 10.00. The van der Waals surface area contributed by atoms with Gasteiger partial charge in [0.05, 0.1) is 19.8 Å². The number of carbonyl (C=O) groups is 4. The molecule has 4 atom stereocenters. The van der Waals surface area contributed by atoms with Crippen LogP contribution >= 0.6 is 0 Å². The molecule has 1 saturated heterocycles. The number of nitrogens with zero attached hydrogens (tertiary/aromatic N) is 1. The van der Waals surface area contributed by atoms with E-state index in [0.717, 1.165) is 22.8 Å². The zero-order valence-corrected chi connectivity index (χ0v) is 23.9. The molecule has 0 spiro atoms. The van der Waals surface area contributed by atoms with Crippen LogP contribution in [0.5, 0.6) is 0 Å². The first-order chi connectivity index (χ1) is 19.2. The van der Waals surface area contributed by atoms with Gasteiger partial charge < -0.3 is 25.4 Å². The number of ether oxygens (including phenoxy) is 2. The van der Waals surface area contributed by atoms with Crippen molar-refractivity contribution in [1.29, 1.82) is 0 Å². The average molecular weight is 555 g/mol. The molecule has 3 N–H and O–H groups in total. The molecule has 10 heteroatoms. The first-order valence-electron chi connectivity index (χ1n) is 13.9. The van der Waals surface area contributed by atoms with Crippen molar-refractivity contribution in [2.24, 2.45) is 5.92 Å². The van der Waals surface area contributed by atoms with Crippen molar-refractivity contribution in [2.45, 2.75) is 70.7 Å². The number of methoxy groups -OCH3 is 2. The van der Waals surface area contributed by atoms with Crippen LogP contribution in [0.3, 0.4) is 0 Å². The zero-order valence-electron chi connectivity index (χ0n) is 23.9. The second kappa shape index (κ2) is 15.3. The highest BCUT2D eigenvalue weighted by Gasteiger charge is 2.32. The van der Waals surface area contributed by atoms with Crippen LogP contribution < -0.4 is 16.0 Å². The molecule has 3 amide bonds. The number of benzene rings is 2. The predicted molar refractivity (Wildman–Crippen MR) is 152 cm³/mol. The number of amides is 3. The molecule has 1 fully saturated rings. The Morgan fingerprint density at radius 3 is 2.52 bits per heavy atom. The SMILES string of the molecule is CC[C@H](C)CC(NC(=O)[C@@H]1CCC(=O)N1)N(CC(=O)N[C@@H](CCOC)C(=O)OC)Cc1cccc2ccccc12. The van der Waals surface area contributed by atoms with E-state index in [1.807, 2.05) is 47.4 Å². The summed E-state index contributed by atoms with van der Waals surface area (Å²) in [5, 5.41) is 10.8. The van der Waals surface area contributed by atoms with Crippen molar-refractivity contribution >= 4 is 34.5 Å². The molecule has 3 rings (SSSR count). The van der Waals surface area contributed by atoms with E-state index in [1.165, 1.54) is 14.2 Å². The lowest BCUT2D eigenvalue weighted by Gasteiger charge is -2.34. The van der Waals surface area contributed by atoms with Crippen LogP contribution in [0.4, 0.5) is 0 Å². The van der Waals surface area contributed by atoms with E-state index in [2.05, 4.69) is 29.8 Å². The number of hydrogen-bond acceptors (Lipinski definition) is 7. The summed E-state index contributed by atoms with van der Waals surface area (Å²) < 4.78 is 9.97. The highest BCUT2D eigenvalue weighted by atomic mass is 16.5. The zero-order chi connectivity index (χ0) is 29.1. The molecule has 1 aliphatic rings. The molecule has 0 bridgehead atoms. The van der Waals surface area contributed by atoms with Gasteiger partial charge in [0.25, 0.3) is 0 Å². The van der Waals surface area contributed by atoms with Crippen molar-refractivity contribution in [3.63, 3.8) is 0 Å². The largest absolute Gasteiger partial charge is 0.467 e. The van der Waals surface area contributed by atoms with E-state index < -0.39 is 24.2 Å². The number of carbonyl (C=O) groups excluding carboxylic acids is 4. The van der Waals surface area contributed by atoms with Gasteiger partial charge in [-0.1, -0.05) is 62.7 Å². The minimum atomic E-state index is -0.854. The third kappa shape index (κ3) is 8.76.